The molecule has 0 aliphatic rings. The van der Waals surface area contributed by atoms with E-state index in [-0.39, 0.29) is 12.8 Å². The van der Waals surface area contributed by atoms with Crippen LogP contribution in [-0.2, 0) is 17.8 Å². The lowest BCUT2D eigenvalue weighted by Crippen LogP contribution is -2.18. The number of carbonyl (C=O) groups is 1. The molecular weight excluding hydrogens is 201 g/mol. The van der Waals surface area contributed by atoms with E-state index in [1.807, 2.05) is 0 Å². The third kappa shape index (κ3) is 4.05. The second-order valence-corrected chi connectivity index (χ2v) is 3.94. The summed E-state index contributed by atoms with van der Waals surface area (Å²) in [5, 5.41) is 12.4. The topological polar surface area (TPSA) is 68.0 Å². The molecule has 15 heavy (non-hydrogen) atoms. The SMILES string of the molecule is CC(C)(F)CCn1ncnc1CC(=O)O. The molecule has 0 aliphatic heterocycles. The highest BCUT2D eigenvalue weighted by molar-refractivity contribution is 5.68. The fourth-order valence-corrected chi connectivity index (χ4v) is 1.12. The van der Waals surface area contributed by atoms with Crippen LogP contribution in [0.15, 0.2) is 6.33 Å². The first-order valence-corrected chi connectivity index (χ1v) is 4.66. The van der Waals surface area contributed by atoms with Crippen molar-refractivity contribution in [3.63, 3.8) is 0 Å². The summed E-state index contributed by atoms with van der Waals surface area (Å²) in [6.07, 6.45) is 1.37. The Morgan fingerprint density at radius 1 is 1.67 bits per heavy atom. The minimum Gasteiger partial charge on any atom is -0.481 e. The van der Waals surface area contributed by atoms with E-state index in [1.165, 1.54) is 24.9 Å². The van der Waals surface area contributed by atoms with Crippen LogP contribution >= 0.6 is 0 Å². The molecule has 1 aromatic heterocycles. The predicted octanol–water partition coefficient (Wildman–Crippen LogP) is 1.04. The van der Waals surface area contributed by atoms with Gasteiger partial charge in [-0.25, -0.2) is 14.1 Å². The highest BCUT2D eigenvalue weighted by Gasteiger charge is 2.17. The fourth-order valence-electron chi connectivity index (χ4n) is 1.12. The second kappa shape index (κ2) is 4.37. The third-order valence-electron chi connectivity index (χ3n) is 1.92. The Morgan fingerprint density at radius 2 is 2.33 bits per heavy atom. The number of alkyl halides is 1. The van der Waals surface area contributed by atoms with Gasteiger partial charge < -0.3 is 5.11 Å². The average Bonchev–Trinajstić information content (AvgIpc) is 2.46. The van der Waals surface area contributed by atoms with E-state index in [1.54, 1.807) is 0 Å². The fraction of sp³-hybridized carbons (Fsp3) is 0.667. The molecule has 0 unspecified atom stereocenters. The molecule has 1 rings (SSSR count). The number of aliphatic carboxylic acids is 1. The van der Waals surface area contributed by atoms with E-state index in [4.69, 9.17) is 5.11 Å². The van der Waals surface area contributed by atoms with Crippen LogP contribution in [0.1, 0.15) is 26.1 Å². The summed E-state index contributed by atoms with van der Waals surface area (Å²) >= 11 is 0. The van der Waals surface area contributed by atoms with Gasteiger partial charge >= 0.3 is 5.97 Å². The maximum absolute atomic E-state index is 13.2. The van der Waals surface area contributed by atoms with Crippen LogP contribution in [-0.4, -0.2) is 31.5 Å². The van der Waals surface area contributed by atoms with Gasteiger partial charge in [-0.05, 0) is 13.8 Å². The zero-order valence-corrected chi connectivity index (χ0v) is 8.77. The van der Waals surface area contributed by atoms with E-state index in [2.05, 4.69) is 10.1 Å². The first-order valence-electron chi connectivity index (χ1n) is 4.66. The molecule has 0 spiro atoms. The van der Waals surface area contributed by atoms with Gasteiger partial charge in [0.1, 0.15) is 24.2 Å². The van der Waals surface area contributed by atoms with Crippen LogP contribution in [0.4, 0.5) is 4.39 Å². The molecule has 6 heteroatoms. The standard InChI is InChI=1S/C9H14FN3O2/c1-9(2,10)3-4-13-7(5-8(14)15)11-6-12-13/h6H,3-5H2,1-2H3,(H,14,15). The Labute approximate surface area is 86.9 Å². The lowest BCUT2D eigenvalue weighted by atomic mass is 10.1. The minimum atomic E-state index is -1.29. The van der Waals surface area contributed by atoms with Crippen molar-refractivity contribution < 1.29 is 14.3 Å². The maximum Gasteiger partial charge on any atom is 0.311 e. The number of carboxylic acid groups (broad SMARTS) is 1. The summed E-state index contributed by atoms with van der Waals surface area (Å²) in [6.45, 7) is 3.29. The number of rotatable bonds is 5. The molecule has 0 radical (unpaired) electrons. The summed E-state index contributed by atoms with van der Waals surface area (Å²) in [5.41, 5.74) is -1.29. The van der Waals surface area contributed by atoms with Crippen LogP contribution in [0, 0.1) is 0 Å². The normalized spacial score (nSPS) is 11.7. The van der Waals surface area contributed by atoms with E-state index < -0.39 is 11.6 Å². The van der Waals surface area contributed by atoms with Gasteiger partial charge in [-0.2, -0.15) is 5.10 Å². The maximum atomic E-state index is 13.2. The minimum absolute atomic E-state index is 0.188. The van der Waals surface area contributed by atoms with Gasteiger partial charge in [-0.3, -0.25) is 4.79 Å². The van der Waals surface area contributed by atoms with Gasteiger partial charge in [0.05, 0.1) is 0 Å². The Kier molecular flexibility index (Phi) is 3.39. The Hall–Kier alpha value is -1.46. The van der Waals surface area contributed by atoms with Gasteiger partial charge in [0.2, 0.25) is 0 Å². The van der Waals surface area contributed by atoms with E-state index >= 15 is 0 Å². The number of halogens is 1. The summed E-state index contributed by atoms with van der Waals surface area (Å²) < 4.78 is 14.6. The van der Waals surface area contributed by atoms with Gasteiger partial charge in [0.15, 0.2) is 0 Å². The van der Waals surface area contributed by atoms with Crippen molar-refractivity contribution in [3.8, 4) is 0 Å². The molecular formula is C9H14FN3O2. The van der Waals surface area contributed by atoms with E-state index in [0.717, 1.165) is 0 Å². The van der Waals surface area contributed by atoms with E-state index in [0.29, 0.717) is 12.4 Å². The monoisotopic (exact) mass is 215 g/mol. The quantitative estimate of drug-likeness (QED) is 0.796. The predicted molar refractivity (Wildman–Crippen MR) is 51.2 cm³/mol. The van der Waals surface area contributed by atoms with Crippen molar-refractivity contribution in [1.82, 2.24) is 14.8 Å². The molecule has 0 bridgehead atoms. The molecule has 0 saturated heterocycles. The number of carboxylic acids is 1. The van der Waals surface area contributed by atoms with Crippen molar-refractivity contribution in [2.45, 2.75) is 38.9 Å². The molecule has 0 atom stereocenters. The molecule has 0 aromatic carbocycles. The number of aryl methyl sites for hydroxylation is 1. The Morgan fingerprint density at radius 3 is 2.87 bits per heavy atom. The Balaban J connectivity index is 2.61. The van der Waals surface area contributed by atoms with Crippen LogP contribution in [0.3, 0.4) is 0 Å². The summed E-state index contributed by atoms with van der Waals surface area (Å²) in [7, 11) is 0. The smallest absolute Gasteiger partial charge is 0.311 e. The van der Waals surface area contributed by atoms with Crippen molar-refractivity contribution in [3.05, 3.63) is 12.2 Å². The first kappa shape index (κ1) is 11.6. The van der Waals surface area contributed by atoms with Crippen molar-refractivity contribution in [2.75, 3.05) is 0 Å². The van der Waals surface area contributed by atoms with Gasteiger partial charge in [-0.15, -0.1) is 0 Å². The molecule has 0 aliphatic carbocycles. The lowest BCUT2D eigenvalue weighted by Gasteiger charge is -2.13. The molecule has 0 amide bonds. The van der Waals surface area contributed by atoms with E-state index in [9.17, 15) is 9.18 Å². The van der Waals surface area contributed by atoms with Gasteiger partial charge in [0, 0.05) is 13.0 Å². The first-order chi connectivity index (χ1) is 6.88. The summed E-state index contributed by atoms with van der Waals surface area (Å²) in [4.78, 5) is 14.3. The zero-order chi connectivity index (χ0) is 11.5. The largest absolute Gasteiger partial charge is 0.481 e. The van der Waals surface area contributed by atoms with Crippen molar-refractivity contribution in [2.24, 2.45) is 0 Å². The molecule has 84 valence electrons. The van der Waals surface area contributed by atoms with Crippen LogP contribution < -0.4 is 0 Å². The van der Waals surface area contributed by atoms with Crippen LogP contribution in [0.5, 0.6) is 0 Å². The van der Waals surface area contributed by atoms with Crippen molar-refractivity contribution in [1.29, 1.82) is 0 Å². The van der Waals surface area contributed by atoms with Gasteiger partial charge in [-0.1, -0.05) is 0 Å². The summed E-state index contributed by atoms with van der Waals surface area (Å²) in [6, 6.07) is 0. The van der Waals surface area contributed by atoms with Crippen molar-refractivity contribution >= 4 is 5.97 Å². The molecule has 0 saturated carbocycles. The highest BCUT2D eigenvalue weighted by Crippen LogP contribution is 2.14. The molecule has 1 heterocycles. The Bertz CT molecular complexity index is 343. The second-order valence-electron chi connectivity index (χ2n) is 3.94. The number of nitrogens with zero attached hydrogens (tertiary/aromatic N) is 3. The number of hydrogen-bond donors (Lipinski definition) is 1. The molecule has 5 nitrogen and oxygen atoms in total. The lowest BCUT2D eigenvalue weighted by molar-refractivity contribution is -0.136. The van der Waals surface area contributed by atoms with Crippen LogP contribution in [0.25, 0.3) is 0 Å². The molecule has 0 fully saturated rings. The number of aromatic nitrogens is 3. The highest BCUT2D eigenvalue weighted by atomic mass is 19.1. The third-order valence-corrected chi connectivity index (χ3v) is 1.92. The molecule has 1 aromatic rings. The molecule has 1 N–H and O–H groups in total. The van der Waals surface area contributed by atoms with Gasteiger partial charge in [0.25, 0.3) is 0 Å². The average molecular weight is 215 g/mol. The van der Waals surface area contributed by atoms with Crippen LogP contribution in [0.2, 0.25) is 0 Å². The number of hydrogen-bond acceptors (Lipinski definition) is 3. The zero-order valence-electron chi connectivity index (χ0n) is 8.77. The summed E-state index contributed by atoms with van der Waals surface area (Å²) in [5.74, 6) is -0.615.